The van der Waals surface area contributed by atoms with Gasteiger partial charge in [-0.2, -0.15) is 39.9 Å². The highest BCUT2D eigenvalue weighted by atomic mass is 19.2. The Balaban J connectivity index is 0.000000106. The Morgan fingerprint density at radius 1 is 0.424 bits per heavy atom. The van der Waals surface area contributed by atoms with E-state index in [0.717, 1.165) is 80.6 Å². The number of anilines is 9. The third-order valence-corrected chi connectivity index (χ3v) is 27.6. The second kappa shape index (κ2) is 32.1. The first-order valence-corrected chi connectivity index (χ1v) is 43.4. The minimum atomic E-state index is -0.952. The maximum absolute atomic E-state index is 15.2. The smallest absolute Gasteiger partial charge is 0.326 e. The van der Waals surface area contributed by atoms with Crippen LogP contribution in [0, 0.1) is 88.5 Å². The van der Waals surface area contributed by atoms with E-state index in [4.69, 9.17) is 52.6 Å². The molecule has 4 saturated carbocycles. The molecule has 8 aliphatic rings. The molecule has 18 N–H and O–H groups in total. The van der Waals surface area contributed by atoms with Gasteiger partial charge in [-0.1, -0.05) is 6.92 Å². The van der Waals surface area contributed by atoms with Gasteiger partial charge in [0.25, 0.3) is 0 Å². The summed E-state index contributed by atoms with van der Waals surface area (Å²) in [6.07, 6.45) is 14.7. The van der Waals surface area contributed by atoms with Crippen LogP contribution in [0.5, 0.6) is 47.0 Å². The molecule has 4 aromatic carbocycles. The number of fused-ring (bicyclic) bond motifs is 15. The molecule has 680 valence electrons. The van der Waals surface area contributed by atoms with Crippen LogP contribution in [0.15, 0.2) is 104 Å². The Kier molecular flexibility index (Phi) is 20.5. The molecule has 24 rings (SSSR count). The highest BCUT2D eigenvalue weighted by Gasteiger charge is 2.57. The first kappa shape index (κ1) is 84.5. The van der Waals surface area contributed by atoms with Crippen LogP contribution in [-0.4, -0.2) is 184 Å². The van der Waals surface area contributed by atoms with E-state index in [1.807, 2.05) is 35.8 Å². The minimum absolute atomic E-state index is 0.00475. The Bertz CT molecular complexity index is 7290. The highest BCUT2D eigenvalue weighted by Crippen LogP contribution is 2.57. The van der Waals surface area contributed by atoms with Crippen LogP contribution in [-0.2, 0) is 0 Å². The summed E-state index contributed by atoms with van der Waals surface area (Å²) < 4.78 is 142. The number of ether oxygens (including phenoxy) is 4. The van der Waals surface area contributed by atoms with Gasteiger partial charge in [-0.05, 0) is 125 Å². The van der Waals surface area contributed by atoms with Gasteiger partial charge in [0.15, 0.2) is 46.5 Å². The lowest BCUT2D eigenvalue weighted by Crippen LogP contribution is -2.69. The van der Waals surface area contributed by atoms with Gasteiger partial charge in [0.05, 0.1) is 113 Å². The van der Waals surface area contributed by atoms with Gasteiger partial charge < -0.3 is 108 Å². The number of nitrogens with two attached hydrogens (primary N) is 5. The fourth-order valence-electron chi connectivity index (χ4n) is 20.3. The van der Waals surface area contributed by atoms with Gasteiger partial charge in [0, 0.05) is 157 Å². The van der Waals surface area contributed by atoms with Crippen LogP contribution < -0.4 is 88.5 Å². The van der Waals surface area contributed by atoms with Crippen molar-refractivity contribution in [1.29, 1.82) is 0 Å². The highest BCUT2D eigenvalue weighted by molar-refractivity contribution is 6.18. The summed E-state index contributed by atoms with van der Waals surface area (Å²) in [5, 5.41) is 13.8. The molecule has 132 heavy (non-hydrogen) atoms. The number of hydrogen-bond acceptors (Lipinski definition) is 29. The third-order valence-electron chi connectivity index (χ3n) is 27.6. The molecule has 8 fully saturated rings. The number of piperidine rings is 1. The molecule has 0 amide bonds. The predicted molar refractivity (Wildman–Crippen MR) is 487 cm³/mol. The van der Waals surface area contributed by atoms with E-state index < -0.39 is 46.5 Å². The van der Waals surface area contributed by atoms with Gasteiger partial charge in [-0.25, -0.2) is 40.1 Å². The van der Waals surface area contributed by atoms with Crippen molar-refractivity contribution >= 4 is 140 Å². The maximum atomic E-state index is 15.2. The number of hydrogen-bond donors (Lipinski definition) is 13. The van der Waals surface area contributed by atoms with Gasteiger partial charge in [-0.15, -0.1) is 0 Å². The van der Waals surface area contributed by atoms with Crippen LogP contribution in [0.1, 0.15) is 63.3 Å². The second-order valence-electron chi connectivity index (χ2n) is 35.8. The summed E-state index contributed by atoms with van der Waals surface area (Å²) in [6, 6.07) is 19.4. The number of aromatic amines is 4. The first-order valence-electron chi connectivity index (χ1n) is 43.4. The number of aromatic nitrogens is 16. The Morgan fingerprint density at radius 3 is 1.17 bits per heavy atom. The van der Waals surface area contributed by atoms with Crippen LogP contribution in [0.4, 0.5) is 87.0 Å². The number of nitrogen functional groups attached to an aromatic ring is 1. The molecular formula is C91H91F8N29O4. The van der Waals surface area contributed by atoms with Crippen molar-refractivity contribution in [2.45, 2.75) is 95.9 Å². The summed E-state index contributed by atoms with van der Waals surface area (Å²) in [5.74, 6) is -2.72. The average molecular weight is 1810 g/mol. The van der Waals surface area contributed by atoms with Crippen molar-refractivity contribution in [1.82, 2.24) is 79.7 Å². The van der Waals surface area contributed by atoms with Gasteiger partial charge in [-0.3, -0.25) is 15.0 Å². The van der Waals surface area contributed by atoms with Gasteiger partial charge in [0.2, 0.25) is 0 Å². The molecular weight excluding hydrogens is 1720 g/mol. The molecule has 33 nitrogen and oxygen atoms in total. The van der Waals surface area contributed by atoms with Gasteiger partial charge in [0.1, 0.15) is 74.7 Å². The number of nitrogens with one attached hydrogen (secondary N) is 8. The minimum Gasteiger partial charge on any atom is -0.423 e. The maximum Gasteiger partial charge on any atom is 0.326 e. The lowest BCUT2D eigenvalue weighted by Gasteiger charge is -2.60. The Labute approximate surface area is 746 Å². The summed E-state index contributed by atoms with van der Waals surface area (Å²) in [4.78, 5) is 73.9. The van der Waals surface area contributed by atoms with Crippen LogP contribution in [0.3, 0.4) is 0 Å². The van der Waals surface area contributed by atoms with Crippen LogP contribution in [0.25, 0.3) is 87.7 Å². The van der Waals surface area contributed by atoms with E-state index >= 15 is 17.6 Å². The second-order valence-corrected chi connectivity index (χ2v) is 35.8. The molecule has 16 heterocycles. The monoisotopic (exact) mass is 1810 g/mol. The summed E-state index contributed by atoms with van der Waals surface area (Å²) in [6.45, 7) is 10.7. The molecule has 2 bridgehead atoms. The quantitative estimate of drug-likeness (QED) is 0.0400. The van der Waals surface area contributed by atoms with E-state index in [-0.39, 0.29) is 92.0 Å². The largest absolute Gasteiger partial charge is 0.423 e. The molecule has 41 heteroatoms. The Morgan fingerprint density at radius 2 is 0.833 bits per heavy atom. The van der Waals surface area contributed by atoms with Crippen molar-refractivity contribution in [2.24, 2.45) is 51.0 Å². The summed E-state index contributed by atoms with van der Waals surface area (Å²) >= 11 is 0. The van der Waals surface area contributed by atoms with E-state index in [9.17, 15) is 17.6 Å². The molecule has 2 unspecified atom stereocenters. The number of H-pyrrole nitrogens is 4. The predicted octanol–water partition coefficient (Wildman–Crippen LogP) is 14.6. The van der Waals surface area contributed by atoms with Crippen molar-refractivity contribution in [3.05, 3.63) is 162 Å². The zero-order chi connectivity index (χ0) is 91.6. The van der Waals surface area contributed by atoms with E-state index in [2.05, 4.69) is 113 Å². The fraction of sp³-hybridized carbons (Fsp3) is 0.341. The number of halogens is 8. The van der Waals surface area contributed by atoms with Crippen molar-refractivity contribution in [2.75, 3.05) is 121 Å². The topological polar surface area (TPSA) is 446 Å². The number of pyridine rings is 4. The molecule has 12 aromatic heterocycles. The van der Waals surface area contributed by atoms with Crippen LogP contribution in [0.2, 0.25) is 0 Å². The zero-order valence-electron chi connectivity index (χ0n) is 72.5. The molecule has 8 atom stereocenters. The van der Waals surface area contributed by atoms with Crippen molar-refractivity contribution < 1.29 is 54.1 Å². The Hall–Kier alpha value is -14.3. The average Bonchev–Trinajstić information content (AvgIpc) is 0.751. The lowest BCUT2D eigenvalue weighted by molar-refractivity contribution is 0.0559. The zero-order valence-corrected chi connectivity index (χ0v) is 72.5. The summed E-state index contributed by atoms with van der Waals surface area (Å²) in [7, 11) is 6.61. The molecule has 16 aromatic rings. The third kappa shape index (κ3) is 14.3. The molecule has 2 spiro atoms. The van der Waals surface area contributed by atoms with Crippen LogP contribution >= 0.6 is 0 Å². The standard InChI is InChI=1S/C24H25F2N7O.C23H23F2N7O.C22H22F2N8O.C22H21F2N7O/c1-11-4-5-12(8-29-11)34-23-31-21-18(17-19(26)14(25)6-16(28-3)20(17)30-21)22(32-23)33-9-13-15(27)7-24(13,2)10-33;1-10-3-4-13(8-28-10)33-23-30-21-18(17-19(25)14(24)7-16(27-2)20(17)29-21)22(31-23)32-9-11-5-12(32)6-15(11)26;1-27-12-6-11(23)17(24)15-16-19(29-18(12)15)30-21(33-10-2-3-14(26)28-7-10)31-20(16)32-8-22(9-32)5-4-13(22)25;1-26-13-7-12(23)17(24)15-16-19(28-18(13)15)29-21(32-11-3-2-6-27-8-11)30-20(16)31-9-14(25)22(10-31)4-5-22/h4-6,8,13,15,28H,7,9-10,27H2,1-3H3,(H,30,31,32);3-4,7-8,11-12,15,27H,5-6,9,26H2,1-2H3,(H,29,30,31);2-3,6-7,13,27H,4-5,8-9,25H2,1H3,(H2,26,28)(H,29,30,31);2-3,6-8,14,26H,4-5,9-10,25H2,1H3,(H,28,29,30)/t13-,15-,24-;11?,12?,15-;13-;14-/m1100/s1. The normalized spacial score (nSPS) is 21.1. The molecule has 4 aliphatic heterocycles. The van der Waals surface area contributed by atoms with E-state index in [1.165, 1.54) is 6.20 Å². The number of aryl methyl sites for hydroxylation is 2. The lowest BCUT2D eigenvalue weighted by atomic mass is 9.60. The fourth-order valence-corrected chi connectivity index (χ4v) is 20.3. The molecule has 4 saturated heterocycles. The molecule has 0 radical (unpaired) electrons. The number of rotatable bonds is 16. The first-order chi connectivity index (χ1) is 63.6. The van der Waals surface area contributed by atoms with Crippen molar-refractivity contribution in [3.8, 4) is 47.0 Å². The SMILES string of the molecule is CNc1cc(F)c(F)c2c1[nH]c1nc(Oc3ccc(C)nc3)nc(N3CC4CC3C[C@H]4N)c12.CNc1cc(F)c(F)c2c1[nH]c1nc(Oc3ccc(C)nc3)nc(N3C[C@@H]4[C@H](N)C[C@]4(C)C3)c12.CNc1cc(F)c(F)c2c1[nH]c1nc(Oc3ccc(N)nc3)nc(N3CC4(CC[C@@H]4N)C3)c12.CNc1cc(F)c(F)c2c1[nH]c1nc(Oc3cccnc3)nc(N3C[C@H](N)C4(CC4)C3)c12. The van der Waals surface area contributed by atoms with E-state index in [1.54, 1.807) is 89.4 Å². The number of nitrogens with zero attached hydrogens (tertiary/aromatic N) is 16. The molecule has 4 aliphatic carbocycles. The van der Waals surface area contributed by atoms with Gasteiger partial charge >= 0.3 is 24.0 Å². The summed E-state index contributed by atoms with van der Waals surface area (Å²) in [5.41, 5.74) is 37.5. The van der Waals surface area contributed by atoms with Crippen molar-refractivity contribution in [3.63, 3.8) is 0 Å². The van der Waals surface area contributed by atoms with E-state index in [0.29, 0.717) is 199 Å². The number of benzene rings is 4.